The molecule has 3 heteroatoms. The Morgan fingerprint density at radius 3 is 2.58 bits per heavy atom. The molecule has 2 unspecified atom stereocenters. The number of hydrogen-bond donors (Lipinski definition) is 1. The highest BCUT2D eigenvalue weighted by Gasteiger charge is 2.32. The maximum Gasteiger partial charge on any atom is 0.124 e. The fourth-order valence-electron chi connectivity index (χ4n) is 3.48. The molecule has 19 heavy (non-hydrogen) atoms. The van der Waals surface area contributed by atoms with Gasteiger partial charge in [-0.3, -0.25) is 0 Å². The van der Waals surface area contributed by atoms with E-state index in [1.807, 2.05) is 0 Å². The molecule has 2 N–H and O–H groups in total. The fourth-order valence-corrected chi connectivity index (χ4v) is 3.48. The van der Waals surface area contributed by atoms with Crippen molar-refractivity contribution in [3.8, 4) is 5.75 Å². The lowest BCUT2D eigenvalue weighted by molar-refractivity contribution is 0.0903. The number of fused-ring (bicyclic) bond motifs is 1. The monoisotopic (exact) mass is 263 g/mol. The van der Waals surface area contributed by atoms with Gasteiger partial charge in [0.2, 0.25) is 0 Å². The summed E-state index contributed by atoms with van der Waals surface area (Å²) in [6.45, 7) is 0. The van der Waals surface area contributed by atoms with E-state index in [2.05, 4.69) is 0 Å². The molecule has 0 saturated heterocycles. The zero-order valence-electron chi connectivity index (χ0n) is 11.3. The lowest BCUT2D eigenvalue weighted by atomic mass is 9.86. The van der Waals surface area contributed by atoms with E-state index in [0.717, 1.165) is 17.7 Å². The van der Waals surface area contributed by atoms with Crippen LogP contribution in [0, 0.1) is 11.7 Å². The topological polar surface area (TPSA) is 35.2 Å². The van der Waals surface area contributed by atoms with Gasteiger partial charge in [0.15, 0.2) is 0 Å². The molecule has 0 bridgehead atoms. The van der Waals surface area contributed by atoms with Gasteiger partial charge in [-0.15, -0.1) is 0 Å². The molecular weight excluding hydrogens is 241 g/mol. The minimum atomic E-state index is -0.231. The number of nitrogens with two attached hydrogens (primary N) is 1. The van der Waals surface area contributed by atoms with Gasteiger partial charge in [-0.25, -0.2) is 4.39 Å². The molecule has 0 spiro atoms. The summed E-state index contributed by atoms with van der Waals surface area (Å²) in [5, 5.41) is 0. The predicted molar refractivity (Wildman–Crippen MR) is 73.6 cm³/mol. The zero-order chi connectivity index (χ0) is 13.2. The van der Waals surface area contributed by atoms with Crippen molar-refractivity contribution in [3.63, 3.8) is 0 Å². The smallest absolute Gasteiger partial charge is 0.124 e. The van der Waals surface area contributed by atoms with Crippen molar-refractivity contribution < 1.29 is 9.13 Å². The van der Waals surface area contributed by atoms with Gasteiger partial charge in [0, 0.05) is 18.0 Å². The van der Waals surface area contributed by atoms with Crippen molar-refractivity contribution in [2.75, 3.05) is 0 Å². The first-order valence-electron chi connectivity index (χ1n) is 7.46. The van der Waals surface area contributed by atoms with Gasteiger partial charge in [-0.1, -0.05) is 25.7 Å². The summed E-state index contributed by atoms with van der Waals surface area (Å²) in [4.78, 5) is 0. The van der Waals surface area contributed by atoms with Crippen molar-refractivity contribution in [1.29, 1.82) is 0 Å². The quantitative estimate of drug-likeness (QED) is 0.779. The Kier molecular flexibility index (Phi) is 3.74. The summed E-state index contributed by atoms with van der Waals surface area (Å²) in [5.74, 6) is 1.17. The number of rotatable bonds is 1. The summed E-state index contributed by atoms with van der Waals surface area (Å²) in [6, 6.07) is 4.62. The van der Waals surface area contributed by atoms with Crippen molar-refractivity contribution in [3.05, 3.63) is 29.6 Å². The van der Waals surface area contributed by atoms with Crippen LogP contribution in [0.3, 0.4) is 0 Å². The molecule has 1 heterocycles. The van der Waals surface area contributed by atoms with Crippen LogP contribution in [-0.4, -0.2) is 6.10 Å². The number of ether oxygens (including phenoxy) is 1. The van der Waals surface area contributed by atoms with Crippen LogP contribution in [0.4, 0.5) is 4.39 Å². The fraction of sp³-hybridized carbons (Fsp3) is 0.625. The van der Waals surface area contributed by atoms with Gasteiger partial charge < -0.3 is 10.5 Å². The van der Waals surface area contributed by atoms with Crippen LogP contribution in [0.2, 0.25) is 0 Å². The zero-order valence-corrected chi connectivity index (χ0v) is 11.3. The van der Waals surface area contributed by atoms with E-state index in [1.54, 1.807) is 6.07 Å². The minimum Gasteiger partial charge on any atom is -0.490 e. The van der Waals surface area contributed by atoms with Crippen molar-refractivity contribution >= 4 is 0 Å². The Labute approximate surface area is 114 Å². The molecule has 1 aromatic rings. The molecule has 1 fully saturated rings. The Bertz CT molecular complexity index is 440. The van der Waals surface area contributed by atoms with Crippen LogP contribution in [0.1, 0.15) is 56.6 Å². The summed E-state index contributed by atoms with van der Waals surface area (Å²) in [5.41, 5.74) is 7.03. The normalized spacial score (nSPS) is 28.3. The van der Waals surface area contributed by atoms with Crippen LogP contribution in [0.15, 0.2) is 18.2 Å². The average Bonchev–Trinajstić information content (AvgIpc) is 2.68. The first kappa shape index (κ1) is 12.9. The standard InChI is InChI=1S/C16H22FNO/c17-12-7-8-15-13(9-12)14(18)10-16(19-15)11-5-3-1-2-4-6-11/h7-9,11,14,16H,1-6,10,18H2. The van der Waals surface area contributed by atoms with Crippen molar-refractivity contribution in [2.24, 2.45) is 11.7 Å². The van der Waals surface area contributed by atoms with Crippen LogP contribution >= 0.6 is 0 Å². The first-order chi connectivity index (χ1) is 9.24. The van der Waals surface area contributed by atoms with Gasteiger partial charge in [0.1, 0.15) is 17.7 Å². The Morgan fingerprint density at radius 2 is 1.84 bits per heavy atom. The van der Waals surface area contributed by atoms with E-state index in [-0.39, 0.29) is 18.0 Å². The van der Waals surface area contributed by atoms with Gasteiger partial charge >= 0.3 is 0 Å². The summed E-state index contributed by atoms with van der Waals surface area (Å²) in [6.07, 6.45) is 8.81. The lowest BCUT2D eigenvalue weighted by Crippen LogP contribution is -2.35. The number of hydrogen-bond acceptors (Lipinski definition) is 2. The molecule has 2 nitrogen and oxygen atoms in total. The van der Waals surface area contributed by atoms with Gasteiger partial charge in [-0.2, -0.15) is 0 Å². The third kappa shape index (κ3) is 2.76. The van der Waals surface area contributed by atoms with E-state index in [9.17, 15) is 4.39 Å². The Balaban J connectivity index is 1.78. The molecule has 1 aromatic carbocycles. The molecule has 1 saturated carbocycles. The van der Waals surface area contributed by atoms with E-state index in [0.29, 0.717) is 5.92 Å². The maximum absolute atomic E-state index is 13.3. The van der Waals surface area contributed by atoms with Crippen molar-refractivity contribution in [2.45, 2.75) is 57.1 Å². The summed E-state index contributed by atoms with van der Waals surface area (Å²) >= 11 is 0. The SMILES string of the molecule is NC1CC(C2CCCCCC2)Oc2ccc(F)cc21. The Morgan fingerprint density at radius 1 is 1.11 bits per heavy atom. The van der Waals surface area contributed by atoms with Gasteiger partial charge in [0.25, 0.3) is 0 Å². The van der Waals surface area contributed by atoms with E-state index < -0.39 is 0 Å². The van der Waals surface area contributed by atoms with E-state index in [4.69, 9.17) is 10.5 Å². The molecule has 2 aliphatic rings. The molecule has 0 radical (unpaired) electrons. The average molecular weight is 263 g/mol. The van der Waals surface area contributed by atoms with Crippen LogP contribution in [0.5, 0.6) is 5.75 Å². The molecule has 104 valence electrons. The largest absolute Gasteiger partial charge is 0.490 e. The van der Waals surface area contributed by atoms with E-state index in [1.165, 1.54) is 50.7 Å². The van der Waals surface area contributed by atoms with E-state index >= 15 is 0 Å². The molecule has 0 aromatic heterocycles. The second-order valence-corrected chi connectivity index (χ2v) is 5.93. The maximum atomic E-state index is 13.3. The molecule has 3 rings (SSSR count). The molecule has 1 aliphatic heterocycles. The third-order valence-electron chi connectivity index (χ3n) is 4.56. The molecule has 1 aliphatic carbocycles. The number of benzene rings is 1. The summed E-state index contributed by atoms with van der Waals surface area (Å²) in [7, 11) is 0. The van der Waals surface area contributed by atoms with Crippen LogP contribution in [-0.2, 0) is 0 Å². The highest BCUT2D eigenvalue weighted by atomic mass is 19.1. The highest BCUT2D eigenvalue weighted by Crippen LogP contribution is 2.39. The van der Waals surface area contributed by atoms with Crippen molar-refractivity contribution in [1.82, 2.24) is 0 Å². The highest BCUT2D eigenvalue weighted by molar-refractivity contribution is 5.38. The minimum absolute atomic E-state index is 0.0901. The summed E-state index contributed by atoms with van der Waals surface area (Å²) < 4.78 is 19.4. The second-order valence-electron chi connectivity index (χ2n) is 5.93. The first-order valence-corrected chi connectivity index (χ1v) is 7.46. The lowest BCUT2D eigenvalue weighted by Gasteiger charge is -2.35. The van der Waals surface area contributed by atoms with Gasteiger partial charge in [0.05, 0.1) is 0 Å². The predicted octanol–water partition coefficient (Wildman–Crippen LogP) is 3.95. The molecular formula is C16H22FNO. The molecule has 2 atom stereocenters. The number of halogens is 1. The van der Waals surface area contributed by atoms with Crippen LogP contribution < -0.4 is 10.5 Å². The van der Waals surface area contributed by atoms with Gasteiger partial charge in [-0.05, 0) is 37.0 Å². The third-order valence-corrected chi connectivity index (χ3v) is 4.56. The molecule has 0 amide bonds. The van der Waals surface area contributed by atoms with Crippen LogP contribution in [0.25, 0.3) is 0 Å². The Hall–Kier alpha value is -1.09. The second kappa shape index (κ2) is 5.49.